The molecule has 112 valence electrons. The summed E-state index contributed by atoms with van der Waals surface area (Å²) in [4.78, 5) is 8.86. The first-order chi connectivity index (χ1) is 10.2. The van der Waals surface area contributed by atoms with E-state index in [1.807, 2.05) is 18.3 Å². The molecule has 2 aromatic rings. The zero-order valence-corrected chi connectivity index (χ0v) is 12.2. The van der Waals surface area contributed by atoms with E-state index in [1.165, 1.54) is 0 Å². The van der Waals surface area contributed by atoms with Crippen LogP contribution in [-0.2, 0) is 11.3 Å². The first-order valence-electron chi connectivity index (χ1n) is 7.31. The molecule has 0 spiro atoms. The lowest BCUT2D eigenvalue weighted by molar-refractivity contribution is 0.114. The molecule has 1 unspecified atom stereocenters. The SMILES string of the molecule is Cc1cccc2nc(CN=C(N)NCC3CCCO3)cn12. The molecule has 0 amide bonds. The molecule has 0 aliphatic carbocycles. The molecule has 6 heteroatoms. The van der Waals surface area contributed by atoms with Gasteiger partial charge >= 0.3 is 0 Å². The van der Waals surface area contributed by atoms with Crippen LogP contribution >= 0.6 is 0 Å². The van der Waals surface area contributed by atoms with E-state index in [9.17, 15) is 0 Å². The zero-order chi connectivity index (χ0) is 14.7. The monoisotopic (exact) mass is 287 g/mol. The van der Waals surface area contributed by atoms with Gasteiger partial charge in [-0.1, -0.05) is 6.07 Å². The van der Waals surface area contributed by atoms with Crippen molar-refractivity contribution in [3.63, 3.8) is 0 Å². The van der Waals surface area contributed by atoms with Crippen molar-refractivity contribution in [1.29, 1.82) is 0 Å². The molecule has 1 fully saturated rings. The fourth-order valence-corrected chi connectivity index (χ4v) is 2.52. The Hall–Kier alpha value is -2.08. The van der Waals surface area contributed by atoms with E-state index in [-0.39, 0.29) is 6.10 Å². The van der Waals surface area contributed by atoms with Gasteiger partial charge in [0, 0.05) is 25.0 Å². The van der Waals surface area contributed by atoms with Gasteiger partial charge in [-0.2, -0.15) is 0 Å². The first kappa shape index (κ1) is 13.9. The second-order valence-electron chi connectivity index (χ2n) is 5.35. The highest BCUT2D eigenvalue weighted by atomic mass is 16.5. The van der Waals surface area contributed by atoms with Crippen LogP contribution in [0.15, 0.2) is 29.4 Å². The minimum Gasteiger partial charge on any atom is -0.376 e. The molecular weight excluding hydrogens is 266 g/mol. The molecule has 0 bridgehead atoms. The number of ether oxygens (including phenoxy) is 1. The van der Waals surface area contributed by atoms with Gasteiger partial charge in [0.2, 0.25) is 0 Å². The fraction of sp³-hybridized carbons (Fsp3) is 0.467. The molecular formula is C15H21N5O. The topological polar surface area (TPSA) is 76.9 Å². The van der Waals surface area contributed by atoms with Crippen LogP contribution in [0, 0.1) is 6.92 Å². The van der Waals surface area contributed by atoms with Crippen LogP contribution in [-0.4, -0.2) is 34.6 Å². The van der Waals surface area contributed by atoms with Crippen LogP contribution in [0.4, 0.5) is 0 Å². The van der Waals surface area contributed by atoms with Gasteiger partial charge in [0.1, 0.15) is 5.65 Å². The maximum atomic E-state index is 5.87. The summed E-state index contributed by atoms with van der Waals surface area (Å²) in [5.74, 6) is 0.444. The maximum Gasteiger partial charge on any atom is 0.189 e. The van der Waals surface area contributed by atoms with Gasteiger partial charge in [-0.3, -0.25) is 0 Å². The van der Waals surface area contributed by atoms with Crippen molar-refractivity contribution in [3.8, 4) is 0 Å². The van der Waals surface area contributed by atoms with Gasteiger partial charge in [-0.25, -0.2) is 9.98 Å². The van der Waals surface area contributed by atoms with Crippen LogP contribution in [0.3, 0.4) is 0 Å². The maximum absolute atomic E-state index is 5.87. The molecule has 6 nitrogen and oxygen atoms in total. The van der Waals surface area contributed by atoms with E-state index in [4.69, 9.17) is 10.5 Å². The Labute approximate surface area is 124 Å². The van der Waals surface area contributed by atoms with Crippen LogP contribution in [0.2, 0.25) is 0 Å². The number of guanidine groups is 1. The van der Waals surface area contributed by atoms with Crippen molar-refractivity contribution >= 4 is 11.6 Å². The molecule has 21 heavy (non-hydrogen) atoms. The van der Waals surface area contributed by atoms with Gasteiger partial charge in [0.05, 0.1) is 18.3 Å². The molecule has 3 N–H and O–H groups in total. The largest absolute Gasteiger partial charge is 0.376 e. The third-order valence-corrected chi connectivity index (χ3v) is 3.69. The van der Waals surface area contributed by atoms with E-state index in [1.54, 1.807) is 0 Å². The van der Waals surface area contributed by atoms with Crippen molar-refractivity contribution in [1.82, 2.24) is 14.7 Å². The lowest BCUT2D eigenvalue weighted by Gasteiger charge is -2.10. The van der Waals surface area contributed by atoms with Crippen molar-refractivity contribution in [2.75, 3.05) is 13.2 Å². The molecule has 1 aliphatic heterocycles. The van der Waals surface area contributed by atoms with Crippen molar-refractivity contribution in [2.45, 2.75) is 32.4 Å². The number of nitrogens with two attached hydrogens (primary N) is 1. The number of aryl methyl sites for hydroxylation is 1. The number of imidazole rings is 1. The van der Waals surface area contributed by atoms with Crippen LogP contribution in [0.1, 0.15) is 24.2 Å². The number of rotatable bonds is 4. The second-order valence-corrected chi connectivity index (χ2v) is 5.35. The third kappa shape index (κ3) is 3.33. The Balaban J connectivity index is 1.59. The smallest absolute Gasteiger partial charge is 0.189 e. The van der Waals surface area contributed by atoms with Crippen molar-refractivity contribution < 1.29 is 4.74 Å². The average molecular weight is 287 g/mol. The molecule has 0 saturated carbocycles. The minimum atomic E-state index is 0.261. The van der Waals surface area contributed by atoms with E-state index >= 15 is 0 Å². The van der Waals surface area contributed by atoms with E-state index < -0.39 is 0 Å². The number of aliphatic imine (C=N–C) groups is 1. The van der Waals surface area contributed by atoms with Crippen LogP contribution < -0.4 is 11.1 Å². The van der Waals surface area contributed by atoms with E-state index in [0.717, 1.165) is 43.0 Å². The zero-order valence-electron chi connectivity index (χ0n) is 12.2. The molecule has 1 saturated heterocycles. The number of nitrogens with one attached hydrogen (secondary N) is 1. The van der Waals surface area contributed by atoms with E-state index in [2.05, 4.69) is 32.7 Å². The number of fused-ring (bicyclic) bond motifs is 1. The lowest BCUT2D eigenvalue weighted by Crippen LogP contribution is -2.37. The molecule has 2 aromatic heterocycles. The molecule has 3 rings (SSSR count). The summed E-state index contributed by atoms with van der Waals surface area (Å²) in [6, 6.07) is 6.04. The molecule has 1 atom stereocenters. The number of hydrogen-bond acceptors (Lipinski definition) is 3. The normalized spacial score (nSPS) is 19.3. The summed E-state index contributed by atoms with van der Waals surface area (Å²) in [5, 5.41) is 3.11. The van der Waals surface area contributed by atoms with Crippen LogP contribution in [0.5, 0.6) is 0 Å². The highest BCUT2D eigenvalue weighted by Gasteiger charge is 2.14. The highest BCUT2D eigenvalue weighted by Crippen LogP contribution is 2.11. The van der Waals surface area contributed by atoms with Gasteiger partial charge in [0.25, 0.3) is 0 Å². The minimum absolute atomic E-state index is 0.261. The van der Waals surface area contributed by atoms with E-state index in [0.29, 0.717) is 12.5 Å². The summed E-state index contributed by atoms with van der Waals surface area (Å²) < 4.78 is 7.59. The van der Waals surface area contributed by atoms with Gasteiger partial charge in [-0.05, 0) is 31.9 Å². The van der Waals surface area contributed by atoms with Gasteiger partial charge in [0.15, 0.2) is 5.96 Å². The number of nitrogens with zero attached hydrogens (tertiary/aromatic N) is 3. The summed E-state index contributed by atoms with van der Waals surface area (Å²) in [6.07, 6.45) is 4.48. The second kappa shape index (κ2) is 6.13. The quantitative estimate of drug-likeness (QED) is 0.655. The lowest BCUT2D eigenvalue weighted by atomic mass is 10.2. The van der Waals surface area contributed by atoms with Gasteiger partial charge < -0.3 is 20.2 Å². The number of pyridine rings is 1. The summed E-state index contributed by atoms with van der Waals surface area (Å²) in [7, 11) is 0. The fourth-order valence-electron chi connectivity index (χ4n) is 2.52. The van der Waals surface area contributed by atoms with Crippen molar-refractivity contribution in [2.24, 2.45) is 10.7 Å². The molecule has 1 aliphatic rings. The highest BCUT2D eigenvalue weighted by molar-refractivity contribution is 5.77. The van der Waals surface area contributed by atoms with Gasteiger partial charge in [-0.15, -0.1) is 0 Å². The Morgan fingerprint density at radius 1 is 1.57 bits per heavy atom. The molecule has 0 aromatic carbocycles. The Bertz CT molecular complexity index is 643. The van der Waals surface area contributed by atoms with Crippen LogP contribution in [0.25, 0.3) is 5.65 Å². The third-order valence-electron chi connectivity index (χ3n) is 3.69. The standard InChI is InChI=1S/C15H21N5O/c1-11-4-2-6-14-19-12(10-20(11)14)8-17-15(16)18-9-13-5-3-7-21-13/h2,4,6,10,13H,3,5,7-9H2,1H3,(H3,16,17,18). The summed E-state index contributed by atoms with van der Waals surface area (Å²) in [5.41, 5.74) is 8.87. The number of hydrogen-bond donors (Lipinski definition) is 2. The molecule has 3 heterocycles. The van der Waals surface area contributed by atoms with Crippen molar-refractivity contribution in [3.05, 3.63) is 35.8 Å². The Kier molecular flexibility index (Phi) is 4.06. The predicted octanol–water partition coefficient (Wildman–Crippen LogP) is 1.23. The predicted molar refractivity (Wildman–Crippen MR) is 82.2 cm³/mol. The molecule has 0 radical (unpaired) electrons. The summed E-state index contributed by atoms with van der Waals surface area (Å²) in [6.45, 7) is 4.11. The Morgan fingerprint density at radius 3 is 3.24 bits per heavy atom. The average Bonchev–Trinajstić information content (AvgIpc) is 3.12. The number of aromatic nitrogens is 2. The summed E-state index contributed by atoms with van der Waals surface area (Å²) >= 11 is 0. The Morgan fingerprint density at radius 2 is 2.48 bits per heavy atom. The first-order valence-corrected chi connectivity index (χ1v) is 7.31.